The lowest BCUT2D eigenvalue weighted by Gasteiger charge is -2.13. The first-order valence-electron chi connectivity index (χ1n) is 8.92. The summed E-state index contributed by atoms with van der Waals surface area (Å²) < 4.78 is 41.6. The number of phenolic OH excluding ortho intramolecular Hbond substituents is 1. The normalized spacial score (nSPS) is 13.8. The Balaban J connectivity index is 1.67. The Morgan fingerprint density at radius 2 is 1.79 bits per heavy atom. The summed E-state index contributed by atoms with van der Waals surface area (Å²) in [7, 11) is 0. The van der Waals surface area contributed by atoms with Gasteiger partial charge in [-0.05, 0) is 37.1 Å². The summed E-state index contributed by atoms with van der Waals surface area (Å²) in [6.07, 6.45) is -2.75. The van der Waals surface area contributed by atoms with Crippen molar-refractivity contribution in [2.75, 3.05) is 10.6 Å². The second-order valence-corrected chi connectivity index (χ2v) is 6.63. The van der Waals surface area contributed by atoms with Gasteiger partial charge >= 0.3 is 6.36 Å². The molecule has 2 aromatic carbocycles. The Bertz CT molecular complexity index is 1020. The summed E-state index contributed by atoms with van der Waals surface area (Å²) in [6, 6.07) is 14.0. The van der Waals surface area contributed by atoms with E-state index < -0.39 is 6.36 Å². The maximum absolute atomic E-state index is 12.5. The van der Waals surface area contributed by atoms with Crippen LogP contribution < -0.4 is 15.4 Å². The minimum absolute atomic E-state index is 0.0950. The molecule has 6 nitrogen and oxygen atoms in total. The molecule has 3 aromatic rings. The van der Waals surface area contributed by atoms with Crippen LogP contribution in [-0.2, 0) is 0 Å². The van der Waals surface area contributed by atoms with Crippen molar-refractivity contribution in [3.8, 4) is 22.8 Å². The molecular weight excluding hydrogens is 385 g/mol. The van der Waals surface area contributed by atoms with E-state index in [-0.39, 0.29) is 11.5 Å². The molecule has 0 atom stereocenters. The van der Waals surface area contributed by atoms with Crippen molar-refractivity contribution >= 4 is 17.5 Å². The topological polar surface area (TPSA) is 79.3 Å². The van der Waals surface area contributed by atoms with Gasteiger partial charge < -0.3 is 20.5 Å². The zero-order valence-electron chi connectivity index (χ0n) is 15.1. The summed E-state index contributed by atoms with van der Waals surface area (Å²) in [6.45, 7) is 0. The van der Waals surface area contributed by atoms with E-state index >= 15 is 0 Å². The Kier molecular flexibility index (Phi) is 4.87. The number of nitrogens with one attached hydrogen (secondary N) is 2. The van der Waals surface area contributed by atoms with E-state index in [1.807, 2.05) is 0 Å². The zero-order chi connectivity index (χ0) is 20.4. The molecule has 150 valence electrons. The van der Waals surface area contributed by atoms with E-state index in [9.17, 15) is 18.3 Å². The van der Waals surface area contributed by atoms with Gasteiger partial charge in [0, 0.05) is 29.4 Å². The number of benzene rings is 2. The van der Waals surface area contributed by atoms with Crippen LogP contribution in [0.15, 0.2) is 54.6 Å². The fraction of sp³-hybridized carbons (Fsp3) is 0.200. The quantitative estimate of drug-likeness (QED) is 0.535. The molecule has 4 rings (SSSR count). The van der Waals surface area contributed by atoms with Gasteiger partial charge in [0.2, 0.25) is 5.95 Å². The Morgan fingerprint density at radius 3 is 2.52 bits per heavy atom. The Labute approximate surface area is 164 Å². The molecule has 29 heavy (non-hydrogen) atoms. The number of ether oxygens (including phenoxy) is 1. The monoisotopic (exact) mass is 402 g/mol. The molecule has 0 spiro atoms. The van der Waals surface area contributed by atoms with Crippen molar-refractivity contribution in [3.63, 3.8) is 0 Å². The SMILES string of the molecule is Oc1cccc(Nc2cc(-c3cccc(OC(F)(F)F)c3)nc(NC3CC3)n2)c1. The van der Waals surface area contributed by atoms with Crippen LogP contribution in [0.3, 0.4) is 0 Å². The minimum atomic E-state index is -4.77. The number of nitrogens with zero attached hydrogens (tertiary/aromatic N) is 2. The zero-order valence-corrected chi connectivity index (χ0v) is 15.1. The largest absolute Gasteiger partial charge is 0.573 e. The van der Waals surface area contributed by atoms with E-state index in [1.54, 1.807) is 30.3 Å². The molecule has 1 aromatic heterocycles. The van der Waals surface area contributed by atoms with Crippen LogP contribution in [0.5, 0.6) is 11.5 Å². The number of rotatable bonds is 6. The first-order chi connectivity index (χ1) is 13.8. The summed E-state index contributed by atoms with van der Waals surface area (Å²) in [5.41, 5.74) is 1.49. The maximum Gasteiger partial charge on any atom is 0.573 e. The van der Waals surface area contributed by atoms with Crippen molar-refractivity contribution in [2.45, 2.75) is 25.2 Å². The number of aromatic hydroxyl groups is 1. The number of anilines is 3. The number of aromatic nitrogens is 2. The van der Waals surface area contributed by atoms with Gasteiger partial charge in [-0.3, -0.25) is 0 Å². The Morgan fingerprint density at radius 1 is 1.00 bits per heavy atom. The van der Waals surface area contributed by atoms with Crippen molar-refractivity contribution in [3.05, 3.63) is 54.6 Å². The van der Waals surface area contributed by atoms with Gasteiger partial charge in [0.05, 0.1) is 5.69 Å². The molecule has 1 saturated carbocycles. The van der Waals surface area contributed by atoms with Gasteiger partial charge in [-0.2, -0.15) is 4.98 Å². The fourth-order valence-corrected chi connectivity index (χ4v) is 2.72. The average molecular weight is 402 g/mol. The number of halogens is 3. The van der Waals surface area contributed by atoms with Gasteiger partial charge in [-0.1, -0.05) is 18.2 Å². The summed E-state index contributed by atoms with van der Waals surface area (Å²) >= 11 is 0. The minimum Gasteiger partial charge on any atom is -0.508 e. The van der Waals surface area contributed by atoms with Crippen LogP contribution in [0.2, 0.25) is 0 Å². The third kappa shape index (κ3) is 5.28. The standard InChI is InChI=1S/C20H17F3N4O2/c21-20(22,23)29-16-6-1-3-12(9-16)17-11-18(24-14-4-2-5-15(28)10-14)27-19(26-17)25-13-7-8-13/h1-6,9-11,13,28H,7-8H2,(H2,24,25,26,27). The van der Waals surface area contributed by atoms with Gasteiger partial charge in [-0.15, -0.1) is 13.2 Å². The van der Waals surface area contributed by atoms with Gasteiger partial charge in [0.25, 0.3) is 0 Å². The highest BCUT2D eigenvalue weighted by atomic mass is 19.4. The third-order valence-corrected chi connectivity index (χ3v) is 4.12. The van der Waals surface area contributed by atoms with Crippen LogP contribution in [0.1, 0.15) is 12.8 Å². The lowest BCUT2D eigenvalue weighted by atomic mass is 10.1. The van der Waals surface area contributed by atoms with Crippen molar-refractivity contribution in [1.82, 2.24) is 9.97 Å². The molecule has 1 fully saturated rings. The molecule has 0 bridgehead atoms. The van der Waals surface area contributed by atoms with Crippen molar-refractivity contribution < 1.29 is 23.0 Å². The molecule has 0 aliphatic heterocycles. The van der Waals surface area contributed by atoms with Crippen LogP contribution in [0, 0.1) is 0 Å². The van der Waals surface area contributed by atoms with Gasteiger partial charge in [0.1, 0.15) is 17.3 Å². The molecule has 1 heterocycles. The molecular formula is C20H17F3N4O2. The number of alkyl halides is 3. The van der Waals surface area contributed by atoms with E-state index in [0.717, 1.165) is 12.8 Å². The second-order valence-electron chi connectivity index (χ2n) is 6.63. The molecule has 1 aliphatic rings. The summed E-state index contributed by atoms with van der Waals surface area (Å²) in [4.78, 5) is 8.85. The predicted octanol–water partition coefficient (Wildman–Crippen LogP) is 5.07. The number of phenols is 1. The summed E-state index contributed by atoms with van der Waals surface area (Å²) in [5, 5.41) is 15.9. The lowest BCUT2D eigenvalue weighted by molar-refractivity contribution is -0.274. The first-order valence-corrected chi connectivity index (χ1v) is 8.92. The lowest BCUT2D eigenvalue weighted by Crippen LogP contribution is -2.17. The van der Waals surface area contributed by atoms with Gasteiger partial charge in [-0.25, -0.2) is 4.98 Å². The first kappa shape index (κ1) is 18.9. The highest BCUT2D eigenvalue weighted by Crippen LogP contribution is 2.31. The molecule has 0 unspecified atom stereocenters. The van der Waals surface area contributed by atoms with Gasteiger partial charge in [0.15, 0.2) is 0 Å². The van der Waals surface area contributed by atoms with Crippen LogP contribution in [-0.4, -0.2) is 27.5 Å². The van der Waals surface area contributed by atoms with Crippen molar-refractivity contribution in [1.29, 1.82) is 0 Å². The molecule has 0 saturated heterocycles. The number of hydrogen-bond acceptors (Lipinski definition) is 6. The fourth-order valence-electron chi connectivity index (χ4n) is 2.72. The highest BCUT2D eigenvalue weighted by molar-refractivity contribution is 5.68. The molecule has 0 amide bonds. The highest BCUT2D eigenvalue weighted by Gasteiger charge is 2.31. The average Bonchev–Trinajstić information content (AvgIpc) is 3.44. The third-order valence-electron chi connectivity index (χ3n) is 4.12. The van der Waals surface area contributed by atoms with E-state index in [0.29, 0.717) is 34.8 Å². The molecule has 3 N–H and O–H groups in total. The maximum atomic E-state index is 12.5. The predicted molar refractivity (Wildman–Crippen MR) is 102 cm³/mol. The van der Waals surface area contributed by atoms with E-state index in [2.05, 4.69) is 25.3 Å². The number of hydrogen-bond donors (Lipinski definition) is 3. The van der Waals surface area contributed by atoms with E-state index in [4.69, 9.17) is 0 Å². The second kappa shape index (κ2) is 7.50. The van der Waals surface area contributed by atoms with Crippen LogP contribution in [0.4, 0.5) is 30.6 Å². The smallest absolute Gasteiger partial charge is 0.508 e. The molecule has 9 heteroatoms. The molecule has 0 radical (unpaired) electrons. The Hall–Kier alpha value is -3.49. The molecule has 1 aliphatic carbocycles. The van der Waals surface area contributed by atoms with Crippen LogP contribution in [0.25, 0.3) is 11.3 Å². The van der Waals surface area contributed by atoms with Crippen LogP contribution >= 0.6 is 0 Å². The summed E-state index contributed by atoms with van der Waals surface area (Å²) in [5.74, 6) is 0.575. The van der Waals surface area contributed by atoms with Crippen molar-refractivity contribution in [2.24, 2.45) is 0 Å². The van der Waals surface area contributed by atoms with E-state index in [1.165, 1.54) is 24.3 Å².